The molecule has 4 rings (SSSR count). The van der Waals surface area contributed by atoms with E-state index >= 15 is 0 Å². The molecule has 0 aliphatic carbocycles. The van der Waals surface area contributed by atoms with E-state index in [-0.39, 0.29) is 0 Å². The third-order valence-corrected chi connectivity index (χ3v) is 5.67. The first kappa shape index (κ1) is 18.4. The molecule has 28 heavy (non-hydrogen) atoms. The van der Waals surface area contributed by atoms with Crippen molar-refractivity contribution in [3.63, 3.8) is 0 Å². The van der Waals surface area contributed by atoms with Gasteiger partial charge in [-0.15, -0.1) is 11.8 Å². The quantitative estimate of drug-likeness (QED) is 0.328. The van der Waals surface area contributed by atoms with Crippen LogP contribution in [-0.4, -0.2) is 21.7 Å². The largest absolute Gasteiger partial charge is 0.493 e. The fourth-order valence-corrected chi connectivity index (χ4v) is 4.28. The standard InChI is InChI=1S/C23H21N3OS/c1-3-17-14-22(28-12-11-27-18-8-6-7-16(2)13-18)26-21-10-5-4-9-20(21)25-23(26)19(17)15-24/h4-10,13-14H,3,11-12H2,1-2H3. The van der Waals surface area contributed by atoms with Crippen LogP contribution in [0.3, 0.4) is 0 Å². The molecule has 2 heterocycles. The van der Waals surface area contributed by atoms with Gasteiger partial charge in [-0.3, -0.25) is 4.40 Å². The fraction of sp³-hybridized carbons (Fsp3) is 0.217. The minimum Gasteiger partial charge on any atom is -0.493 e. The van der Waals surface area contributed by atoms with Gasteiger partial charge < -0.3 is 4.74 Å². The highest BCUT2D eigenvalue weighted by Gasteiger charge is 2.16. The van der Waals surface area contributed by atoms with Crippen LogP contribution in [0.15, 0.2) is 59.6 Å². The summed E-state index contributed by atoms with van der Waals surface area (Å²) >= 11 is 1.73. The lowest BCUT2D eigenvalue weighted by Crippen LogP contribution is -2.03. The number of aromatic nitrogens is 2. The van der Waals surface area contributed by atoms with Gasteiger partial charge in [0.05, 0.1) is 28.2 Å². The number of imidazole rings is 1. The molecular formula is C23H21N3OS. The van der Waals surface area contributed by atoms with Gasteiger partial charge in [0.2, 0.25) is 0 Å². The first-order valence-corrected chi connectivity index (χ1v) is 10.3. The van der Waals surface area contributed by atoms with Gasteiger partial charge in [0, 0.05) is 5.75 Å². The van der Waals surface area contributed by atoms with Crippen LogP contribution in [0.25, 0.3) is 16.7 Å². The van der Waals surface area contributed by atoms with E-state index in [1.165, 1.54) is 5.56 Å². The summed E-state index contributed by atoms with van der Waals surface area (Å²) in [5.74, 6) is 1.71. The lowest BCUT2D eigenvalue weighted by Gasteiger charge is -2.11. The molecule has 0 fully saturated rings. The number of para-hydroxylation sites is 2. The molecule has 0 bridgehead atoms. The summed E-state index contributed by atoms with van der Waals surface area (Å²) in [6.45, 7) is 4.75. The maximum absolute atomic E-state index is 9.70. The summed E-state index contributed by atoms with van der Waals surface area (Å²) in [7, 11) is 0. The van der Waals surface area contributed by atoms with Gasteiger partial charge in [0.25, 0.3) is 0 Å². The van der Waals surface area contributed by atoms with Crippen molar-refractivity contribution in [3.8, 4) is 11.8 Å². The van der Waals surface area contributed by atoms with E-state index in [0.717, 1.165) is 45.2 Å². The molecule has 140 valence electrons. The molecular weight excluding hydrogens is 366 g/mol. The summed E-state index contributed by atoms with van der Waals surface area (Å²) in [4.78, 5) is 4.74. The van der Waals surface area contributed by atoms with E-state index in [0.29, 0.717) is 12.2 Å². The molecule has 5 heteroatoms. The average Bonchev–Trinajstić information content (AvgIpc) is 3.10. The van der Waals surface area contributed by atoms with E-state index in [1.54, 1.807) is 11.8 Å². The molecule has 4 aromatic rings. The topological polar surface area (TPSA) is 50.3 Å². The molecule has 0 saturated carbocycles. The molecule has 0 atom stereocenters. The van der Waals surface area contributed by atoms with Crippen LogP contribution >= 0.6 is 11.8 Å². The number of benzene rings is 2. The first-order chi connectivity index (χ1) is 13.7. The average molecular weight is 388 g/mol. The summed E-state index contributed by atoms with van der Waals surface area (Å²) in [6, 6.07) is 20.6. The number of rotatable bonds is 6. The number of nitriles is 1. The molecule has 0 spiro atoms. The summed E-state index contributed by atoms with van der Waals surface area (Å²) in [5.41, 5.74) is 5.57. The Morgan fingerprint density at radius 3 is 2.79 bits per heavy atom. The van der Waals surface area contributed by atoms with Crippen molar-refractivity contribution < 1.29 is 4.74 Å². The number of thioether (sulfide) groups is 1. The van der Waals surface area contributed by atoms with E-state index in [1.807, 2.05) is 36.4 Å². The Hall–Kier alpha value is -2.97. The van der Waals surface area contributed by atoms with Crippen molar-refractivity contribution in [1.82, 2.24) is 9.38 Å². The molecule has 0 unspecified atom stereocenters. The molecule has 0 radical (unpaired) electrons. The van der Waals surface area contributed by atoms with E-state index in [4.69, 9.17) is 9.72 Å². The van der Waals surface area contributed by atoms with E-state index in [9.17, 15) is 5.26 Å². The van der Waals surface area contributed by atoms with Gasteiger partial charge >= 0.3 is 0 Å². The second kappa shape index (κ2) is 7.95. The second-order valence-electron chi connectivity index (χ2n) is 6.62. The lowest BCUT2D eigenvalue weighted by atomic mass is 10.1. The molecule has 2 aromatic heterocycles. The Bertz CT molecular complexity index is 1190. The third-order valence-electron chi connectivity index (χ3n) is 4.71. The van der Waals surface area contributed by atoms with Crippen LogP contribution in [0.4, 0.5) is 0 Å². The van der Waals surface area contributed by atoms with Crippen LogP contribution in [0.1, 0.15) is 23.6 Å². The molecule has 0 saturated heterocycles. The molecule has 0 amide bonds. The Balaban J connectivity index is 1.65. The third kappa shape index (κ3) is 3.44. The summed E-state index contributed by atoms with van der Waals surface area (Å²) in [6.07, 6.45) is 0.802. The number of aryl methyl sites for hydroxylation is 2. The Morgan fingerprint density at radius 2 is 2.00 bits per heavy atom. The van der Waals surface area contributed by atoms with Gasteiger partial charge in [-0.05, 0) is 54.8 Å². The van der Waals surface area contributed by atoms with Crippen molar-refractivity contribution in [2.75, 3.05) is 12.4 Å². The van der Waals surface area contributed by atoms with Crippen LogP contribution in [0.2, 0.25) is 0 Å². The number of nitrogens with zero attached hydrogens (tertiary/aromatic N) is 3. The maximum atomic E-state index is 9.70. The van der Waals surface area contributed by atoms with Crippen LogP contribution in [-0.2, 0) is 6.42 Å². The molecule has 0 aliphatic heterocycles. The second-order valence-corrected chi connectivity index (χ2v) is 7.74. The summed E-state index contributed by atoms with van der Waals surface area (Å²) in [5, 5.41) is 10.8. The molecule has 0 aliphatic rings. The monoisotopic (exact) mass is 387 g/mol. The molecule has 0 N–H and O–H groups in total. The zero-order chi connectivity index (χ0) is 19.5. The number of pyridine rings is 1. The number of hydrogen-bond acceptors (Lipinski definition) is 4. The van der Waals surface area contributed by atoms with Crippen molar-refractivity contribution >= 4 is 28.4 Å². The van der Waals surface area contributed by atoms with Crippen molar-refractivity contribution in [2.24, 2.45) is 0 Å². The first-order valence-electron chi connectivity index (χ1n) is 9.36. The normalized spacial score (nSPS) is 11.0. The van der Waals surface area contributed by atoms with Gasteiger partial charge in [-0.1, -0.05) is 31.2 Å². The Labute approximate surface area is 168 Å². The summed E-state index contributed by atoms with van der Waals surface area (Å²) < 4.78 is 7.99. The van der Waals surface area contributed by atoms with E-state index in [2.05, 4.69) is 42.5 Å². The Kier molecular flexibility index (Phi) is 5.23. The van der Waals surface area contributed by atoms with Crippen molar-refractivity contribution in [3.05, 3.63) is 71.3 Å². The smallest absolute Gasteiger partial charge is 0.157 e. The fourth-order valence-electron chi connectivity index (χ4n) is 3.36. The Morgan fingerprint density at radius 1 is 1.14 bits per heavy atom. The minimum absolute atomic E-state index is 0.615. The SMILES string of the molecule is CCc1cc(SCCOc2cccc(C)c2)n2c(nc3ccccc32)c1C#N. The van der Waals surface area contributed by atoms with Gasteiger partial charge in [0.1, 0.15) is 11.8 Å². The van der Waals surface area contributed by atoms with Gasteiger partial charge in [-0.2, -0.15) is 5.26 Å². The maximum Gasteiger partial charge on any atom is 0.157 e. The molecule has 2 aromatic carbocycles. The van der Waals surface area contributed by atoms with Gasteiger partial charge in [0.15, 0.2) is 5.65 Å². The number of ether oxygens (including phenoxy) is 1. The minimum atomic E-state index is 0.615. The van der Waals surface area contributed by atoms with E-state index < -0.39 is 0 Å². The lowest BCUT2D eigenvalue weighted by molar-refractivity contribution is 0.343. The van der Waals surface area contributed by atoms with Crippen molar-refractivity contribution in [1.29, 1.82) is 5.26 Å². The zero-order valence-corrected chi connectivity index (χ0v) is 16.8. The molecule has 4 nitrogen and oxygen atoms in total. The number of fused-ring (bicyclic) bond motifs is 3. The van der Waals surface area contributed by atoms with Crippen LogP contribution in [0.5, 0.6) is 5.75 Å². The van der Waals surface area contributed by atoms with Crippen LogP contribution < -0.4 is 4.74 Å². The highest BCUT2D eigenvalue weighted by Crippen LogP contribution is 2.30. The highest BCUT2D eigenvalue weighted by atomic mass is 32.2. The zero-order valence-electron chi connectivity index (χ0n) is 16.0. The highest BCUT2D eigenvalue weighted by molar-refractivity contribution is 7.99. The predicted molar refractivity (Wildman–Crippen MR) is 114 cm³/mol. The van der Waals surface area contributed by atoms with Crippen LogP contribution in [0, 0.1) is 18.3 Å². The number of hydrogen-bond donors (Lipinski definition) is 0. The predicted octanol–water partition coefficient (Wildman–Crippen LogP) is 5.40. The van der Waals surface area contributed by atoms with Gasteiger partial charge in [-0.25, -0.2) is 4.98 Å². The van der Waals surface area contributed by atoms with Crippen molar-refractivity contribution in [2.45, 2.75) is 25.3 Å².